The van der Waals surface area contributed by atoms with E-state index in [1.807, 2.05) is 31.7 Å². The molecule has 3 rings (SSSR count). The predicted molar refractivity (Wildman–Crippen MR) is 72.6 cm³/mol. The average Bonchev–Trinajstić information content (AvgIpc) is 3.03. The first-order chi connectivity index (χ1) is 8.43. The number of aliphatic imine (C=N–C) groups is 1. The highest BCUT2D eigenvalue weighted by molar-refractivity contribution is 5.74. The fourth-order valence-electron chi connectivity index (χ4n) is 2.19. The summed E-state index contributed by atoms with van der Waals surface area (Å²) in [5, 5.41) is 2.05. The predicted octanol–water partition coefficient (Wildman–Crippen LogP) is 2.49. The van der Waals surface area contributed by atoms with Crippen molar-refractivity contribution in [3.05, 3.63) is 53.4 Å². The van der Waals surface area contributed by atoms with E-state index in [1.54, 1.807) is 0 Å². The highest BCUT2D eigenvalue weighted by atomic mass is 15.0. The molecular formula is C15H19N2+. The molecule has 0 fully saturated rings. The van der Waals surface area contributed by atoms with Crippen molar-refractivity contribution < 1.29 is 5.32 Å². The van der Waals surface area contributed by atoms with Gasteiger partial charge in [-0.2, -0.15) is 0 Å². The van der Waals surface area contributed by atoms with E-state index in [2.05, 4.69) is 35.3 Å². The van der Waals surface area contributed by atoms with Crippen molar-refractivity contribution in [1.82, 2.24) is 0 Å². The summed E-state index contributed by atoms with van der Waals surface area (Å²) >= 11 is 0. The number of benzene rings is 1. The lowest BCUT2D eigenvalue weighted by atomic mass is 10.1. The van der Waals surface area contributed by atoms with Crippen molar-refractivity contribution in [2.75, 3.05) is 0 Å². The Bertz CT molecular complexity index is 481. The van der Waals surface area contributed by atoms with Crippen LogP contribution in [0.3, 0.4) is 0 Å². The summed E-state index contributed by atoms with van der Waals surface area (Å²) < 4.78 is 0. The van der Waals surface area contributed by atoms with Gasteiger partial charge in [0.25, 0.3) is 0 Å². The van der Waals surface area contributed by atoms with E-state index in [4.69, 9.17) is 0 Å². The number of hydrogen-bond acceptors (Lipinski definition) is 1. The second-order valence-corrected chi connectivity index (χ2v) is 3.92. The molecule has 1 aromatic rings. The van der Waals surface area contributed by atoms with E-state index in [9.17, 15) is 0 Å². The number of hydrogen-bond donors (Lipinski definition) is 1. The maximum absolute atomic E-state index is 4.08. The van der Waals surface area contributed by atoms with Crippen LogP contribution in [0, 0.1) is 0 Å². The van der Waals surface area contributed by atoms with Crippen LogP contribution in [0.1, 0.15) is 31.4 Å². The van der Waals surface area contributed by atoms with Crippen molar-refractivity contribution >= 4 is 11.9 Å². The number of fused-ring (bicyclic) bond motifs is 1. The minimum atomic E-state index is 1.16. The largest absolute Gasteiger partial charge is 0.270 e. The quantitative estimate of drug-likeness (QED) is 0.764. The molecule has 1 aliphatic carbocycles. The SMILES string of the molecule is C1=NC=C(C=C2CCc3ccccc32)[NH2+]1.CC. The zero-order chi connectivity index (χ0) is 12.1. The summed E-state index contributed by atoms with van der Waals surface area (Å²) in [7, 11) is 0. The summed E-state index contributed by atoms with van der Waals surface area (Å²) in [5.41, 5.74) is 5.54. The molecule has 17 heavy (non-hydrogen) atoms. The topological polar surface area (TPSA) is 29.0 Å². The monoisotopic (exact) mass is 227 g/mol. The van der Waals surface area contributed by atoms with E-state index in [-0.39, 0.29) is 0 Å². The molecule has 0 aromatic heterocycles. The van der Waals surface area contributed by atoms with Crippen LogP contribution in [-0.2, 0) is 6.42 Å². The van der Waals surface area contributed by atoms with Crippen LogP contribution in [0.4, 0.5) is 0 Å². The Morgan fingerprint density at radius 2 is 2.00 bits per heavy atom. The van der Waals surface area contributed by atoms with E-state index >= 15 is 0 Å². The van der Waals surface area contributed by atoms with Gasteiger partial charge in [0.1, 0.15) is 0 Å². The Morgan fingerprint density at radius 1 is 1.18 bits per heavy atom. The second-order valence-electron chi connectivity index (χ2n) is 3.92. The van der Waals surface area contributed by atoms with Crippen molar-refractivity contribution in [3.63, 3.8) is 0 Å². The Hall–Kier alpha value is -1.67. The minimum absolute atomic E-state index is 1.16. The first kappa shape index (κ1) is 11.8. The Labute approximate surface area is 103 Å². The van der Waals surface area contributed by atoms with Gasteiger partial charge >= 0.3 is 0 Å². The van der Waals surface area contributed by atoms with Crippen LogP contribution in [0.5, 0.6) is 0 Å². The first-order valence-corrected chi connectivity index (χ1v) is 6.29. The van der Waals surface area contributed by atoms with Crippen molar-refractivity contribution in [1.29, 1.82) is 0 Å². The molecule has 1 heterocycles. The number of quaternary nitrogens is 1. The maximum Gasteiger partial charge on any atom is 0.191 e. The molecule has 2 nitrogen and oxygen atoms in total. The summed E-state index contributed by atoms with van der Waals surface area (Å²) in [6.45, 7) is 4.00. The van der Waals surface area contributed by atoms with Gasteiger partial charge in [-0.1, -0.05) is 38.1 Å². The van der Waals surface area contributed by atoms with Gasteiger partial charge in [-0.25, -0.2) is 4.99 Å². The third-order valence-corrected chi connectivity index (χ3v) is 2.94. The maximum atomic E-state index is 4.08. The first-order valence-electron chi connectivity index (χ1n) is 6.29. The number of aryl methyl sites for hydroxylation is 1. The molecule has 1 aliphatic heterocycles. The third kappa shape index (κ3) is 2.53. The Kier molecular flexibility index (Phi) is 3.89. The highest BCUT2D eigenvalue weighted by Gasteiger charge is 2.16. The fourth-order valence-corrected chi connectivity index (χ4v) is 2.19. The van der Waals surface area contributed by atoms with Gasteiger partial charge in [0, 0.05) is 6.08 Å². The molecule has 0 saturated heterocycles. The standard InChI is InChI=1S/C13H12N2.C2H6/c1-2-4-13-10(3-1)5-6-11(13)7-12-8-14-9-15-12;1-2/h1-4,7-9H,5-6H2,(H,14,15);1-2H3/p+1. The fraction of sp³-hybridized carbons (Fsp3) is 0.267. The van der Waals surface area contributed by atoms with Crippen LogP contribution >= 0.6 is 0 Å². The lowest BCUT2D eigenvalue weighted by molar-refractivity contribution is -0.463. The minimum Gasteiger partial charge on any atom is -0.270 e. The zero-order valence-electron chi connectivity index (χ0n) is 10.5. The number of allylic oxidation sites excluding steroid dienone is 2. The highest BCUT2D eigenvalue weighted by Crippen LogP contribution is 2.32. The number of rotatable bonds is 1. The molecule has 88 valence electrons. The van der Waals surface area contributed by atoms with Crippen LogP contribution < -0.4 is 5.32 Å². The van der Waals surface area contributed by atoms with E-state index in [0.29, 0.717) is 0 Å². The van der Waals surface area contributed by atoms with Crippen LogP contribution in [0.25, 0.3) is 5.57 Å². The van der Waals surface area contributed by atoms with Crippen molar-refractivity contribution in [2.45, 2.75) is 26.7 Å². The molecule has 0 saturated carbocycles. The molecular weight excluding hydrogens is 208 g/mol. The van der Waals surface area contributed by atoms with E-state index in [0.717, 1.165) is 6.42 Å². The van der Waals surface area contributed by atoms with Gasteiger partial charge in [0.05, 0.1) is 6.20 Å². The van der Waals surface area contributed by atoms with Crippen molar-refractivity contribution in [3.8, 4) is 0 Å². The molecule has 0 amide bonds. The number of nitrogens with zero attached hydrogens (tertiary/aromatic N) is 1. The third-order valence-electron chi connectivity index (χ3n) is 2.94. The van der Waals surface area contributed by atoms with Gasteiger partial charge in [-0.3, -0.25) is 5.32 Å². The lowest BCUT2D eigenvalue weighted by Crippen LogP contribution is -2.78. The summed E-state index contributed by atoms with van der Waals surface area (Å²) in [4.78, 5) is 4.08. The van der Waals surface area contributed by atoms with Crippen LogP contribution in [-0.4, -0.2) is 6.34 Å². The second kappa shape index (κ2) is 5.60. The van der Waals surface area contributed by atoms with Gasteiger partial charge in [0.2, 0.25) is 0 Å². The molecule has 0 spiro atoms. The van der Waals surface area contributed by atoms with Crippen molar-refractivity contribution in [2.24, 2.45) is 4.99 Å². The van der Waals surface area contributed by atoms with Gasteiger partial charge in [0.15, 0.2) is 12.0 Å². The van der Waals surface area contributed by atoms with Gasteiger partial charge < -0.3 is 0 Å². The summed E-state index contributed by atoms with van der Waals surface area (Å²) in [5.74, 6) is 0. The average molecular weight is 227 g/mol. The molecule has 2 N–H and O–H groups in total. The molecule has 0 unspecified atom stereocenters. The normalized spacial score (nSPS) is 18.7. The van der Waals surface area contributed by atoms with Crippen LogP contribution in [0.15, 0.2) is 47.2 Å². The van der Waals surface area contributed by atoms with E-state index < -0.39 is 0 Å². The Morgan fingerprint density at radius 3 is 2.76 bits per heavy atom. The molecule has 0 radical (unpaired) electrons. The smallest absolute Gasteiger partial charge is 0.191 e. The van der Waals surface area contributed by atoms with Gasteiger partial charge in [-0.15, -0.1) is 0 Å². The van der Waals surface area contributed by atoms with Crippen LogP contribution in [0.2, 0.25) is 0 Å². The molecule has 2 aliphatic rings. The van der Waals surface area contributed by atoms with E-state index in [1.165, 1.54) is 28.8 Å². The molecule has 0 atom stereocenters. The summed E-state index contributed by atoms with van der Waals surface area (Å²) in [6.07, 6.45) is 8.33. The molecule has 2 heteroatoms. The molecule has 0 bridgehead atoms. The number of nitrogens with two attached hydrogens (primary N) is 1. The summed E-state index contributed by atoms with van der Waals surface area (Å²) in [6, 6.07) is 8.66. The lowest BCUT2D eigenvalue weighted by Gasteiger charge is -1.99. The Balaban J connectivity index is 0.000000514. The zero-order valence-corrected chi connectivity index (χ0v) is 10.5. The molecule has 1 aromatic carbocycles. The van der Waals surface area contributed by atoms with Gasteiger partial charge in [-0.05, 0) is 29.5 Å².